The minimum Gasteiger partial charge on any atom is -0.478 e. The zero-order valence-electron chi connectivity index (χ0n) is 16.3. The highest BCUT2D eigenvalue weighted by molar-refractivity contribution is 7.15. The Bertz CT molecular complexity index is 1560. The maximum absolute atomic E-state index is 13.0. The number of carbonyl (C=O) groups is 1. The van der Waals surface area contributed by atoms with E-state index in [1.54, 1.807) is 28.7 Å². The number of imidazole rings is 1. The Labute approximate surface area is 175 Å². The molecule has 5 rings (SSSR count). The number of aryl methyl sites for hydroxylation is 1. The van der Waals surface area contributed by atoms with Crippen LogP contribution in [0.3, 0.4) is 0 Å². The number of nitrogens with zero attached hydrogens (tertiary/aromatic N) is 3. The lowest BCUT2D eigenvalue weighted by molar-refractivity contribution is 0.0697. The predicted octanol–water partition coefficient (Wildman–Crippen LogP) is 3.56. The van der Waals surface area contributed by atoms with Crippen molar-refractivity contribution >= 4 is 39.4 Å². The van der Waals surface area contributed by atoms with E-state index in [9.17, 15) is 9.59 Å². The summed E-state index contributed by atoms with van der Waals surface area (Å²) < 4.78 is 4.34. The molecule has 2 aromatic carbocycles. The van der Waals surface area contributed by atoms with Gasteiger partial charge in [0.05, 0.1) is 21.1 Å². The van der Waals surface area contributed by atoms with Crippen LogP contribution in [0.1, 0.15) is 27.3 Å². The van der Waals surface area contributed by atoms with E-state index in [0.29, 0.717) is 9.49 Å². The minimum atomic E-state index is -0.949. The molecule has 5 aromatic rings. The SMILES string of the molecule is Cc1cc(/C=c2\sc3nc4ccccc4n3c2=O)c(C)n1-c1ccc(C(=O)O)cc1. The van der Waals surface area contributed by atoms with Gasteiger partial charge in [-0.05, 0) is 68.0 Å². The molecule has 0 bridgehead atoms. The van der Waals surface area contributed by atoms with Crippen molar-refractivity contribution in [3.63, 3.8) is 0 Å². The molecule has 1 N–H and O–H groups in total. The van der Waals surface area contributed by atoms with Crippen molar-refractivity contribution < 1.29 is 9.90 Å². The topological polar surface area (TPSA) is 76.6 Å². The van der Waals surface area contributed by atoms with E-state index >= 15 is 0 Å². The molecular formula is C23H17N3O3S. The van der Waals surface area contributed by atoms with Crippen molar-refractivity contribution in [2.45, 2.75) is 13.8 Å². The summed E-state index contributed by atoms with van der Waals surface area (Å²) in [6.07, 6.45) is 1.90. The number of aromatic nitrogens is 3. The van der Waals surface area contributed by atoms with Crippen molar-refractivity contribution in [3.8, 4) is 5.69 Å². The lowest BCUT2D eigenvalue weighted by Crippen LogP contribution is -2.22. The highest BCUT2D eigenvalue weighted by atomic mass is 32.1. The maximum Gasteiger partial charge on any atom is 0.335 e. The van der Waals surface area contributed by atoms with Crippen LogP contribution in [0.4, 0.5) is 0 Å². The Balaban J connectivity index is 1.64. The van der Waals surface area contributed by atoms with Crippen molar-refractivity contribution in [1.29, 1.82) is 0 Å². The number of fused-ring (bicyclic) bond motifs is 3. The summed E-state index contributed by atoms with van der Waals surface area (Å²) in [5, 5.41) is 9.11. The molecule has 0 fully saturated rings. The fourth-order valence-corrected chi connectivity index (χ4v) is 4.82. The number of thiazole rings is 1. The van der Waals surface area contributed by atoms with Crippen molar-refractivity contribution in [2.24, 2.45) is 0 Å². The molecule has 6 nitrogen and oxygen atoms in total. The number of para-hydroxylation sites is 2. The fraction of sp³-hybridized carbons (Fsp3) is 0.0870. The Hall–Kier alpha value is -3.71. The minimum absolute atomic E-state index is 0.0701. The molecule has 0 unspecified atom stereocenters. The Morgan fingerprint density at radius 2 is 1.83 bits per heavy atom. The second-order valence-electron chi connectivity index (χ2n) is 7.15. The van der Waals surface area contributed by atoms with Crippen LogP contribution in [0.25, 0.3) is 27.8 Å². The van der Waals surface area contributed by atoms with Gasteiger partial charge in [-0.2, -0.15) is 0 Å². The number of hydrogen-bond donors (Lipinski definition) is 1. The van der Waals surface area contributed by atoms with Crippen LogP contribution in [-0.2, 0) is 0 Å². The van der Waals surface area contributed by atoms with Crippen LogP contribution in [0.2, 0.25) is 0 Å². The van der Waals surface area contributed by atoms with Crippen molar-refractivity contribution in [3.05, 3.63) is 92.0 Å². The molecule has 0 aliphatic carbocycles. The van der Waals surface area contributed by atoms with Crippen LogP contribution in [0.15, 0.2) is 59.4 Å². The molecule has 3 aromatic heterocycles. The number of carboxylic acids is 1. The first-order chi connectivity index (χ1) is 14.4. The van der Waals surface area contributed by atoms with Gasteiger partial charge in [0, 0.05) is 17.1 Å². The van der Waals surface area contributed by atoms with Gasteiger partial charge in [-0.3, -0.25) is 4.79 Å². The fourth-order valence-electron chi connectivity index (χ4n) is 3.84. The normalized spacial score (nSPS) is 12.3. The summed E-state index contributed by atoms with van der Waals surface area (Å²) in [6, 6.07) is 16.4. The van der Waals surface area contributed by atoms with Gasteiger partial charge in [-0.25, -0.2) is 14.2 Å². The summed E-state index contributed by atoms with van der Waals surface area (Å²) in [6.45, 7) is 3.98. The lowest BCUT2D eigenvalue weighted by atomic mass is 10.2. The molecule has 7 heteroatoms. The Kier molecular flexibility index (Phi) is 4.08. The van der Waals surface area contributed by atoms with E-state index in [0.717, 1.165) is 33.7 Å². The summed E-state index contributed by atoms with van der Waals surface area (Å²) in [5.74, 6) is -0.949. The van der Waals surface area contributed by atoms with Gasteiger partial charge in [0.1, 0.15) is 0 Å². The summed E-state index contributed by atoms with van der Waals surface area (Å²) >= 11 is 1.38. The number of benzene rings is 2. The van der Waals surface area contributed by atoms with Gasteiger partial charge in [-0.1, -0.05) is 23.5 Å². The largest absolute Gasteiger partial charge is 0.478 e. The Morgan fingerprint density at radius 3 is 2.57 bits per heavy atom. The molecule has 0 atom stereocenters. The van der Waals surface area contributed by atoms with Gasteiger partial charge in [0.2, 0.25) is 0 Å². The van der Waals surface area contributed by atoms with E-state index in [2.05, 4.69) is 9.55 Å². The van der Waals surface area contributed by atoms with Gasteiger partial charge in [0.25, 0.3) is 5.56 Å². The second kappa shape index (κ2) is 6.67. The first-order valence-corrected chi connectivity index (χ1v) is 10.2. The van der Waals surface area contributed by atoms with Crippen LogP contribution in [-0.4, -0.2) is 25.0 Å². The first-order valence-electron chi connectivity index (χ1n) is 9.38. The van der Waals surface area contributed by atoms with Crippen LogP contribution >= 0.6 is 11.3 Å². The number of rotatable bonds is 3. The smallest absolute Gasteiger partial charge is 0.335 e. The monoisotopic (exact) mass is 415 g/mol. The van der Waals surface area contributed by atoms with E-state index in [1.807, 2.05) is 50.3 Å². The van der Waals surface area contributed by atoms with Crippen LogP contribution in [0, 0.1) is 13.8 Å². The second-order valence-corrected chi connectivity index (χ2v) is 8.16. The average molecular weight is 415 g/mol. The van der Waals surface area contributed by atoms with Crippen LogP contribution < -0.4 is 10.1 Å². The lowest BCUT2D eigenvalue weighted by Gasteiger charge is -2.09. The predicted molar refractivity (Wildman–Crippen MR) is 118 cm³/mol. The van der Waals surface area contributed by atoms with Gasteiger partial charge in [-0.15, -0.1) is 0 Å². The van der Waals surface area contributed by atoms with E-state index in [1.165, 1.54) is 11.3 Å². The molecule has 30 heavy (non-hydrogen) atoms. The third-order valence-electron chi connectivity index (χ3n) is 5.27. The number of hydrogen-bond acceptors (Lipinski definition) is 4. The molecule has 0 aliphatic heterocycles. The third kappa shape index (κ3) is 2.74. The zero-order chi connectivity index (χ0) is 21.0. The van der Waals surface area contributed by atoms with E-state index in [4.69, 9.17) is 5.11 Å². The molecule has 0 saturated carbocycles. The number of carboxylic acid groups (broad SMARTS) is 1. The highest BCUT2D eigenvalue weighted by Gasteiger charge is 2.13. The van der Waals surface area contributed by atoms with Gasteiger partial charge < -0.3 is 9.67 Å². The number of aromatic carboxylic acids is 1. The summed E-state index contributed by atoms with van der Waals surface area (Å²) in [5.41, 5.74) is 5.61. The molecule has 0 aliphatic rings. The Morgan fingerprint density at radius 1 is 1.10 bits per heavy atom. The molecule has 148 valence electrons. The first kappa shape index (κ1) is 18.3. The zero-order valence-corrected chi connectivity index (χ0v) is 17.1. The molecule has 0 spiro atoms. The van der Waals surface area contributed by atoms with E-state index < -0.39 is 5.97 Å². The van der Waals surface area contributed by atoms with Gasteiger partial charge >= 0.3 is 5.97 Å². The van der Waals surface area contributed by atoms with Crippen molar-refractivity contribution in [1.82, 2.24) is 14.0 Å². The molecule has 3 heterocycles. The third-order valence-corrected chi connectivity index (χ3v) is 6.24. The molecule has 0 radical (unpaired) electrons. The van der Waals surface area contributed by atoms with Crippen LogP contribution in [0.5, 0.6) is 0 Å². The quantitative estimate of drug-likeness (QED) is 0.489. The molecule has 0 amide bonds. The summed E-state index contributed by atoms with van der Waals surface area (Å²) in [7, 11) is 0. The van der Waals surface area contributed by atoms with Gasteiger partial charge in [0.15, 0.2) is 4.96 Å². The average Bonchev–Trinajstić information content (AvgIpc) is 3.33. The molecular weight excluding hydrogens is 398 g/mol. The standard InChI is InChI=1S/C23H17N3O3S/c1-13-11-16(14(2)25(13)17-9-7-15(8-10-17)22(28)29)12-20-21(27)26-19-6-4-3-5-18(19)24-23(26)30-20/h3-12H,1-2H3,(H,28,29)/b20-12-. The highest BCUT2D eigenvalue weighted by Crippen LogP contribution is 2.22. The molecule has 0 saturated heterocycles. The van der Waals surface area contributed by atoms with Crippen molar-refractivity contribution in [2.75, 3.05) is 0 Å². The summed E-state index contributed by atoms with van der Waals surface area (Å²) in [4.78, 5) is 29.4. The maximum atomic E-state index is 13.0. The van der Waals surface area contributed by atoms with E-state index in [-0.39, 0.29) is 11.1 Å².